The first-order valence-electron chi connectivity index (χ1n) is 14.2. The van der Waals surface area contributed by atoms with Crippen LogP contribution in [-0.2, 0) is 17.6 Å². The van der Waals surface area contributed by atoms with E-state index in [9.17, 15) is 9.59 Å². The van der Waals surface area contributed by atoms with E-state index >= 15 is 0 Å². The average molecular weight is 603 g/mol. The number of para-hydroxylation sites is 1. The summed E-state index contributed by atoms with van der Waals surface area (Å²) in [5, 5.41) is 4.18. The minimum Gasteiger partial charge on any atom is -0.459 e. The number of anilines is 1. The first-order valence-corrected chi connectivity index (χ1v) is 15.3. The highest BCUT2D eigenvalue weighted by molar-refractivity contribution is 7.16. The van der Waals surface area contributed by atoms with E-state index in [0.29, 0.717) is 44.2 Å². The molecule has 8 heteroatoms. The van der Waals surface area contributed by atoms with Crippen LogP contribution < -0.4 is 5.32 Å². The third-order valence-electron chi connectivity index (χ3n) is 7.48. The summed E-state index contributed by atoms with van der Waals surface area (Å²) in [7, 11) is 0. The third-order valence-corrected chi connectivity index (χ3v) is 8.87. The van der Waals surface area contributed by atoms with E-state index in [2.05, 4.69) is 26.1 Å². The fourth-order valence-electron chi connectivity index (χ4n) is 5.22. The summed E-state index contributed by atoms with van der Waals surface area (Å²) in [6.45, 7) is 10.4. The second-order valence-corrected chi connectivity index (χ2v) is 13.4. The van der Waals surface area contributed by atoms with Gasteiger partial charge in [-0.2, -0.15) is 0 Å². The SMILES string of the molecule is CC(C)OC(=O)c1ccc(Cl)cc1-c1ccc(C=Nc2sc3c(c2C(=O)Nc2ccccc2)CC[C@H](C(C)(C)C)C3)o1. The molecule has 0 unspecified atom stereocenters. The summed E-state index contributed by atoms with van der Waals surface area (Å²) in [5.74, 6) is 0.881. The number of amides is 1. The standard InChI is InChI=1S/C34H35ClN2O4S/c1-20(2)40-33(39)25-15-12-22(35)18-27(25)28-16-13-24(41-28)19-36-32-30(31(38)37-23-9-7-6-8-10-23)26-14-11-21(34(3,4)5)17-29(26)42-32/h6-10,12-13,15-16,18-21H,11,14,17H2,1-5H3,(H,37,38)/t21-/m0/s1. The van der Waals surface area contributed by atoms with Crippen LogP contribution in [0, 0.1) is 11.3 Å². The molecular formula is C34H35ClN2O4S. The van der Waals surface area contributed by atoms with E-state index < -0.39 is 5.97 Å². The van der Waals surface area contributed by atoms with E-state index in [1.807, 2.05) is 30.3 Å². The fourth-order valence-corrected chi connectivity index (χ4v) is 6.66. The summed E-state index contributed by atoms with van der Waals surface area (Å²) in [4.78, 5) is 32.3. The van der Waals surface area contributed by atoms with Crippen LogP contribution in [0.25, 0.3) is 11.3 Å². The molecule has 1 amide bonds. The van der Waals surface area contributed by atoms with Crippen molar-refractivity contribution in [2.45, 2.75) is 60.0 Å². The molecule has 1 aliphatic rings. The van der Waals surface area contributed by atoms with Gasteiger partial charge >= 0.3 is 5.97 Å². The van der Waals surface area contributed by atoms with Crippen molar-refractivity contribution >= 4 is 51.7 Å². The predicted molar refractivity (Wildman–Crippen MR) is 171 cm³/mol. The molecule has 0 saturated heterocycles. The number of esters is 1. The van der Waals surface area contributed by atoms with Crippen molar-refractivity contribution in [3.63, 3.8) is 0 Å². The number of nitrogens with zero attached hydrogens (tertiary/aromatic N) is 1. The van der Waals surface area contributed by atoms with Gasteiger partial charge in [0.1, 0.15) is 16.5 Å². The van der Waals surface area contributed by atoms with Gasteiger partial charge in [-0.1, -0.05) is 50.6 Å². The maximum Gasteiger partial charge on any atom is 0.339 e. The molecule has 0 saturated carbocycles. The predicted octanol–water partition coefficient (Wildman–Crippen LogP) is 9.38. The Kier molecular flexibility index (Phi) is 8.71. The molecule has 0 spiro atoms. The molecule has 1 atom stereocenters. The number of fused-ring (bicyclic) bond motifs is 1. The largest absolute Gasteiger partial charge is 0.459 e. The van der Waals surface area contributed by atoms with Crippen molar-refractivity contribution < 1.29 is 18.7 Å². The Morgan fingerprint density at radius 3 is 2.60 bits per heavy atom. The molecule has 42 heavy (non-hydrogen) atoms. The Balaban J connectivity index is 1.47. The van der Waals surface area contributed by atoms with E-state index in [1.54, 1.807) is 61.7 Å². The van der Waals surface area contributed by atoms with Crippen LogP contribution in [0.1, 0.15) is 78.0 Å². The number of halogens is 1. The number of rotatable bonds is 7. The van der Waals surface area contributed by atoms with Crippen molar-refractivity contribution in [1.82, 2.24) is 0 Å². The maximum absolute atomic E-state index is 13.6. The maximum atomic E-state index is 13.6. The minimum atomic E-state index is -0.449. The zero-order valence-corrected chi connectivity index (χ0v) is 26.1. The summed E-state index contributed by atoms with van der Waals surface area (Å²) in [6, 6.07) is 18.0. The van der Waals surface area contributed by atoms with Crippen LogP contribution in [0.5, 0.6) is 0 Å². The smallest absolute Gasteiger partial charge is 0.339 e. The Labute approximate surface area is 255 Å². The van der Waals surface area contributed by atoms with Gasteiger partial charge in [0.2, 0.25) is 0 Å². The van der Waals surface area contributed by atoms with Crippen LogP contribution in [-0.4, -0.2) is 24.2 Å². The van der Waals surface area contributed by atoms with Gasteiger partial charge in [-0.05, 0) is 92.5 Å². The molecule has 1 N–H and O–H groups in total. The fraction of sp³-hybridized carbons (Fsp3) is 0.324. The highest BCUT2D eigenvalue weighted by Gasteiger charge is 2.33. The normalized spacial score (nSPS) is 15.2. The lowest BCUT2D eigenvalue weighted by atomic mass is 9.72. The van der Waals surface area contributed by atoms with Crippen molar-refractivity contribution in [2.24, 2.45) is 16.3 Å². The van der Waals surface area contributed by atoms with Gasteiger partial charge in [0, 0.05) is 21.2 Å². The molecule has 5 rings (SSSR count). The van der Waals surface area contributed by atoms with E-state index in [0.717, 1.165) is 30.5 Å². The Bertz CT molecular complexity index is 1630. The quantitative estimate of drug-likeness (QED) is 0.169. The lowest BCUT2D eigenvalue weighted by Crippen LogP contribution is -2.27. The van der Waals surface area contributed by atoms with Crippen LogP contribution in [0.2, 0.25) is 5.02 Å². The molecule has 6 nitrogen and oxygen atoms in total. The lowest BCUT2D eigenvalue weighted by molar-refractivity contribution is 0.0378. The molecule has 218 valence electrons. The molecule has 0 radical (unpaired) electrons. The van der Waals surface area contributed by atoms with Crippen LogP contribution in [0.15, 0.2) is 70.1 Å². The van der Waals surface area contributed by atoms with E-state index in [1.165, 1.54) is 4.88 Å². The second-order valence-electron chi connectivity index (χ2n) is 11.9. The summed E-state index contributed by atoms with van der Waals surface area (Å²) in [6.07, 6.45) is 4.17. The van der Waals surface area contributed by atoms with Crippen molar-refractivity contribution in [2.75, 3.05) is 5.32 Å². The molecule has 4 aromatic rings. The minimum absolute atomic E-state index is 0.160. The van der Waals surface area contributed by atoms with E-state index in [-0.39, 0.29) is 17.4 Å². The zero-order chi connectivity index (χ0) is 30.0. The molecule has 0 bridgehead atoms. The highest BCUT2D eigenvalue weighted by Crippen LogP contribution is 2.45. The van der Waals surface area contributed by atoms with Gasteiger partial charge in [-0.3, -0.25) is 4.79 Å². The summed E-state index contributed by atoms with van der Waals surface area (Å²) < 4.78 is 11.5. The first kappa shape index (κ1) is 29.8. The van der Waals surface area contributed by atoms with Crippen molar-refractivity contribution in [3.8, 4) is 11.3 Å². The lowest BCUT2D eigenvalue weighted by Gasteiger charge is -2.33. The molecule has 2 heterocycles. The Hall–Kier alpha value is -3.68. The van der Waals surface area contributed by atoms with Gasteiger partial charge in [0.15, 0.2) is 0 Å². The van der Waals surface area contributed by atoms with Crippen LogP contribution >= 0.6 is 22.9 Å². The van der Waals surface area contributed by atoms with Gasteiger partial charge in [-0.25, -0.2) is 9.79 Å². The van der Waals surface area contributed by atoms with Gasteiger partial charge in [0.05, 0.1) is 23.4 Å². The van der Waals surface area contributed by atoms with Gasteiger partial charge in [0.25, 0.3) is 5.91 Å². The van der Waals surface area contributed by atoms with Crippen LogP contribution in [0.3, 0.4) is 0 Å². The van der Waals surface area contributed by atoms with Crippen molar-refractivity contribution in [3.05, 3.63) is 93.0 Å². The molecule has 2 aromatic carbocycles. The number of ether oxygens (including phenoxy) is 1. The number of benzene rings is 2. The number of carbonyl (C=O) groups is 2. The molecule has 1 aliphatic carbocycles. The molecular weight excluding hydrogens is 568 g/mol. The number of hydrogen-bond acceptors (Lipinski definition) is 6. The number of aliphatic imine (C=N–C) groups is 1. The summed E-state index contributed by atoms with van der Waals surface area (Å²) >= 11 is 7.84. The zero-order valence-electron chi connectivity index (χ0n) is 24.5. The van der Waals surface area contributed by atoms with Crippen LogP contribution in [0.4, 0.5) is 10.7 Å². The van der Waals surface area contributed by atoms with Crippen molar-refractivity contribution in [1.29, 1.82) is 0 Å². The topological polar surface area (TPSA) is 80.9 Å². The monoisotopic (exact) mass is 602 g/mol. The average Bonchev–Trinajstić information content (AvgIpc) is 3.55. The number of hydrogen-bond donors (Lipinski definition) is 1. The Morgan fingerprint density at radius 2 is 1.88 bits per heavy atom. The first-order chi connectivity index (χ1) is 20.0. The summed E-state index contributed by atoms with van der Waals surface area (Å²) in [5.41, 5.74) is 3.55. The van der Waals surface area contributed by atoms with Gasteiger partial charge < -0.3 is 14.5 Å². The molecule has 2 aromatic heterocycles. The number of furan rings is 1. The van der Waals surface area contributed by atoms with E-state index in [4.69, 9.17) is 25.7 Å². The highest BCUT2D eigenvalue weighted by atomic mass is 35.5. The number of thiophene rings is 1. The number of nitrogens with one attached hydrogen (secondary N) is 1. The molecule has 0 aliphatic heterocycles. The number of carbonyl (C=O) groups excluding carboxylic acids is 2. The Morgan fingerprint density at radius 1 is 1.12 bits per heavy atom. The third kappa shape index (κ3) is 6.69. The second kappa shape index (κ2) is 12.3. The van der Waals surface area contributed by atoms with Gasteiger partial charge in [-0.15, -0.1) is 11.3 Å². The molecule has 0 fully saturated rings.